The molecule has 2 nitrogen and oxygen atoms in total. The Hall–Kier alpha value is -1.56. The average molecular weight is 323 g/mol. The van der Waals surface area contributed by atoms with Crippen molar-refractivity contribution in [2.24, 2.45) is 11.8 Å². The lowest BCUT2D eigenvalue weighted by atomic mass is 9.69. The molecule has 0 amide bonds. The fourth-order valence-electron chi connectivity index (χ4n) is 4.36. The van der Waals surface area contributed by atoms with E-state index in [9.17, 15) is 0 Å². The molecule has 0 N–H and O–H groups in total. The average Bonchev–Trinajstić information content (AvgIpc) is 2.58. The van der Waals surface area contributed by atoms with Crippen LogP contribution in [0.3, 0.4) is 0 Å². The molecule has 24 heavy (non-hydrogen) atoms. The van der Waals surface area contributed by atoms with Crippen LogP contribution in [0.1, 0.15) is 45.6 Å². The standard InChI is InChI=1S/C22H29NO/c1-5-16-23-20(15-14-18-11-7-6-8-12-18)24-21-17(2)10-9-13-19(21)22(23,3)4/h5-8,11-12,17,19-21H,1,9-10,13,16H2,2-4H3. The lowest BCUT2D eigenvalue weighted by Crippen LogP contribution is -2.65. The predicted octanol–water partition coefficient (Wildman–Crippen LogP) is 4.47. The largest absolute Gasteiger partial charge is 0.348 e. The van der Waals surface area contributed by atoms with Crippen LogP contribution in [-0.2, 0) is 4.74 Å². The molecule has 2 aliphatic rings. The van der Waals surface area contributed by atoms with Gasteiger partial charge in [0.05, 0.1) is 6.10 Å². The summed E-state index contributed by atoms with van der Waals surface area (Å²) in [6.07, 6.45) is 5.92. The second-order valence-electron chi connectivity index (χ2n) is 7.70. The van der Waals surface area contributed by atoms with Gasteiger partial charge >= 0.3 is 0 Å². The first-order chi connectivity index (χ1) is 11.5. The Morgan fingerprint density at radius 3 is 2.75 bits per heavy atom. The molecule has 2 heteroatoms. The van der Waals surface area contributed by atoms with Crippen LogP contribution < -0.4 is 0 Å². The van der Waals surface area contributed by atoms with E-state index < -0.39 is 0 Å². The summed E-state index contributed by atoms with van der Waals surface area (Å²) >= 11 is 0. The van der Waals surface area contributed by atoms with Gasteiger partial charge < -0.3 is 4.74 Å². The Kier molecular flexibility index (Phi) is 5.13. The molecule has 1 heterocycles. The number of ether oxygens (including phenoxy) is 1. The molecule has 2 fully saturated rings. The monoisotopic (exact) mass is 323 g/mol. The first-order valence-electron chi connectivity index (χ1n) is 9.13. The third-order valence-corrected chi connectivity index (χ3v) is 5.79. The Labute approximate surface area is 146 Å². The molecular formula is C22H29NO. The van der Waals surface area contributed by atoms with Gasteiger partial charge in [-0.2, -0.15) is 0 Å². The molecule has 1 saturated heterocycles. The first-order valence-corrected chi connectivity index (χ1v) is 9.13. The van der Waals surface area contributed by atoms with Crippen LogP contribution in [0.4, 0.5) is 0 Å². The summed E-state index contributed by atoms with van der Waals surface area (Å²) < 4.78 is 6.53. The molecule has 4 unspecified atom stereocenters. The highest BCUT2D eigenvalue weighted by Gasteiger charge is 2.50. The normalized spacial score (nSPS) is 32.3. The molecule has 1 aromatic rings. The van der Waals surface area contributed by atoms with E-state index >= 15 is 0 Å². The zero-order valence-electron chi connectivity index (χ0n) is 15.2. The van der Waals surface area contributed by atoms with Crippen molar-refractivity contribution in [3.05, 3.63) is 48.6 Å². The fourth-order valence-corrected chi connectivity index (χ4v) is 4.36. The topological polar surface area (TPSA) is 12.5 Å². The number of hydrogen-bond acceptors (Lipinski definition) is 2. The number of rotatable bonds is 2. The number of hydrogen-bond donors (Lipinski definition) is 0. The quantitative estimate of drug-likeness (QED) is 0.588. The highest BCUT2D eigenvalue weighted by Crippen LogP contribution is 2.45. The molecule has 0 bridgehead atoms. The maximum absolute atomic E-state index is 6.53. The Balaban J connectivity index is 1.91. The van der Waals surface area contributed by atoms with Gasteiger partial charge in [0.15, 0.2) is 6.23 Å². The van der Waals surface area contributed by atoms with Crippen LogP contribution in [0, 0.1) is 23.7 Å². The summed E-state index contributed by atoms with van der Waals surface area (Å²) in [4.78, 5) is 2.38. The van der Waals surface area contributed by atoms with Gasteiger partial charge in [-0.3, -0.25) is 4.90 Å². The van der Waals surface area contributed by atoms with Gasteiger partial charge in [-0.15, -0.1) is 6.58 Å². The lowest BCUT2D eigenvalue weighted by Gasteiger charge is -2.56. The Morgan fingerprint density at radius 1 is 1.29 bits per heavy atom. The lowest BCUT2D eigenvalue weighted by molar-refractivity contribution is -0.217. The van der Waals surface area contributed by atoms with Gasteiger partial charge in [0.1, 0.15) is 0 Å². The van der Waals surface area contributed by atoms with Gasteiger partial charge in [0.2, 0.25) is 0 Å². The van der Waals surface area contributed by atoms with Crippen LogP contribution in [0.5, 0.6) is 0 Å². The molecule has 128 valence electrons. The van der Waals surface area contributed by atoms with Crippen LogP contribution in [-0.4, -0.2) is 29.3 Å². The van der Waals surface area contributed by atoms with Crippen molar-refractivity contribution in [1.82, 2.24) is 4.90 Å². The van der Waals surface area contributed by atoms with Crippen molar-refractivity contribution >= 4 is 0 Å². The van der Waals surface area contributed by atoms with Gasteiger partial charge in [-0.1, -0.05) is 43.5 Å². The van der Waals surface area contributed by atoms with Crippen LogP contribution >= 0.6 is 0 Å². The third kappa shape index (κ3) is 3.29. The van der Waals surface area contributed by atoms with Gasteiger partial charge in [-0.05, 0) is 50.7 Å². The van der Waals surface area contributed by atoms with Gasteiger partial charge in [-0.25, -0.2) is 0 Å². The highest BCUT2D eigenvalue weighted by atomic mass is 16.5. The van der Waals surface area contributed by atoms with E-state index in [1.54, 1.807) is 0 Å². The SMILES string of the molecule is C=CCN1C(C#Cc2ccccc2)OC2C(C)CCCC2C1(C)C. The van der Waals surface area contributed by atoms with Crippen molar-refractivity contribution in [2.45, 2.75) is 57.9 Å². The third-order valence-electron chi connectivity index (χ3n) is 5.79. The summed E-state index contributed by atoms with van der Waals surface area (Å²) in [5.41, 5.74) is 1.11. The van der Waals surface area contributed by atoms with Crippen molar-refractivity contribution < 1.29 is 4.74 Å². The highest BCUT2D eigenvalue weighted by molar-refractivity contribution is 5.34. The minimum absolute atomic E-state index is 0.0713. The number of fused-ring (bicyclic) bond motifs is 1. The van der Waals surface area contributed by atoms with Gasteiger partial charge in [0, 0.05) is 23.6 Å². The fraction of sp³-hybridized carbons (Fsp3) is 0.545. The van der Waals surface area contributed by atoms with Crippen molar-refractivity contribution in [1.29, 1.82) is 0 Å². The van der Waals surface area contributed by atoms with E-state index in [-0.39, 0.29) is 11.8 Å². The minimum Gasteiger partial charge on any atom is -0.348 e. The summed E-state index contributed by atoms with van der Waals surface area (Å²) in [5.74, 6) is 7.86. The maximum atomic E-state index is 6.53. The van der Waals surface area contributed by atoms with Crippen LogP contribution in [0.25, 0.3) is 0 Å². The smallest absolute Gasteiger partial charge is 0.175 e. The maximum Gasteiger partial charge on any atom is 0.175 e. The first kappa shape index (κ1) is 17.3. The molecule has 3 rings (SSSR count). The van der Waals surface area contributed by atoms with Crippen LogP contribution in [0.15, 0.2) is 43.0 Å². The molecule has 0 spiro atoms. The predicted molar refractivity (Wildman–Crippen MR) is 99.5 cm³/mol. The molecule has 0 aromatic heterocycles. The molecule has 1 saturated carbocycles. The van der Waals surface area contributed by atoms with E-state index in [0.717, 1.165) is 12.1 Å². The van der Waals surface area contributed by atoms with E-state index in [1.807, 2.05) is 36.4 Å². The van der Waals surface area contributed by atoms with E-state index in [2.05, 4.69) is 44.1 Å². The summed E-state index contributed by atoms with van der Waals surface area (Å²) in [6, 6.07) is 10.2. The Bertz CT molecular complexity index is 624. The summed E-state index contributed by atoms with van der Waals surface area (Å²) in [6.45, 7) is 11.8. The Morgan fingerprint density at radius 2 is 2.04 bits per heavy atom. The number of benzene rings is 1. The van der Waals surface area contributed by atoms with Crippen LogP contribution in [0.2, 0.25) is 0 Å². The molecule has 0 radical (unpaired) electrons. The van der Waals surface area contributed by atoms with E-state index in [1.165, 1.54) is 19.3 Å². The second kappa shape index (κ2) is 7.13. The minimum atomic E-state index is -0.167. The van der Waals surface area contributed by atoms with E-state index in [0.29, 0.717) is 17.9 Å². The molecule has 1 aliphatic heterocycles. The zero-order valence-corrected chi connectivity index (χ0v) is 15.2. The van der Waals surface area contributed by atoms with E-state index in [4.69, 9.17) is 4.74 Å². The summed E-state index contributed by atoms with van der Waals surface area (Å²) in [5, 5.41) is 0. The summed E-state index contributed by atoms with van der Waals surface area (Å²) in [7, 11) is 0. The molecule has 4 atom stereocenters. The molecular weight excluding hydrogens is 294 g/mol. The van der Waals surface area contributed by atoms with Crippen molar-refractivity contribution in [3.63, 3.8) is 0 Å². The van der Waals surface area contributed by atoms with Gasteiger partial charge in [0.25, 0.3) is 0 Å². The molecule has 1 aromatic carbocycles. The van der Waals surface area contributed by atoms with Crippen molar-refractivity contribution in [3.8, 4) is 11.8 Å². The van der Waals surface area contributed by atoms with Crippen molar-refractivity contribution in [2.75, 3.05) is 6.54 Å². The zero-order chi connectivity index (χ0) is 17.2. The molecule has 1 aliphatic carbocycles. The number of nitrogens with zero attached hydrogens (tertiary/aromatic N) is 1. The second-order valence-corrected chi connectivity index (χ2v) is 7.70.